The van der Waals surface area contributed by atoms with E-state index in [2.05, 4.69) is 15.5 Å². The van der Waals surface area contributed by atoms with Gasteiger partial charge in [-0.15, -0.1) is 10.2 Å². The fraction of sp³-hybridized carbons (Fsp3) is 0.316. The van der Waals surface area contributed by atoms with Gasteiger partial charge in [0.1, 0.15) is 0 Å². The van der Waals surface area contributed by atoms with Crippen molar-refractivity contribution in [3.05, 3.63) is 59.8 Å². The Morgan fingerprint density at radius 3 is 2.61 bits per heavy atom. The minimum atomic E-state index is -4.45. The number of thioether (sulfide) groups is 1. The van der Waals surface area contributed by atoms with Gasteiger partial charge in [0.25, 0.3) is 0 Å². The molecule has 0 spiro atoms. The largest absolute Gasteiger partial charge is 0.417 e. The van der Waals surface area contributed by atoms with Crippen molar-refractivity contribution in [3.8, 4) is 0 Å². The van der Waals surface area contributed by atoms with E-state index in [9.17, 15) is 18.0 Å². The topological polar surface area (TPSA) is 59.3 Å². The number of halogens is 3. The van der Waals surface area contributed by atoms with E-state index in [1.807, 2.05) is 30.3 Å². The summed E-state index contributed by atoms with van der Waals surface area (Å²) in [6, 6.07) is 12.0. The van der Waals surface area contributed by atoms with Crippen LogP contribution in [0.1, 0.15) is 30.0 Å². The summed E-state index contributed by atoms with van der Waals surface area (Å²) in [4.78, 5) is 12.4. The van der Waals surface area contributed by atoms with E-state index < -0.39 is 11.7 Å². The second-order valence-electron chi connectivity index (χ2n) is 6.71. The average molecular weight is 406 g/mol. The zero-order valence-electron chi connectivity index (χ0n) is 14.7. The van der Waals surface area contributed by atoms with E-state index in [0.717, 1.165) is 42.4 Å². The first-order valence-electron chi connectivity index (χ1n) is 8.81. The van der Waals surface area contributed by atoms with Gasteiger partial charge < -0.3 is 5.32 Å². The molecule has 0 bridgehead atoms. The molecule has 1 amide bonds. The molecule has 5 nitrogen and oxygen atoms in total. The number of alkyl halides is 3. The molecule has 9 heteroatoms. The lowest BCUT2D eigenvalue weighted by atomic mass is 10.0. The Balaban J connectivity index is 1.44. The molecule has 1 N–H and O–H groups in total. The number of nitrogens with one attached hydrogen (secondary N) is 1. The smallest absolute Gasteiger partial charge is 0.348 e. The second-order valence-corrected chi connectivity index (χ2v) is 7.65. The lowest BCUT2D eigenvalue weighted by molar-refractivity contribution is -0.137. The number of carbonyl (C=O) groups excluding carboxylic acids is 1. The van der Waals surface area contributed by atoms with Crippen molar-refractivity contribution < 1.29 is 18.0 Å². The van der Waals surface area contributed by atoms with Gasteiger partial charge in [-0.25, -0.2) is 0 Å². The highest BCUT2D eigenvalue weighted by Crippen LogP contribution is 2.41. The molecule has 1 atom stereocenters. The third-order valence-electron chi connectivity index (χ3n) is 4.60. The highest BCUT2D eigenvalue weighted by atomic mass is 32.2. The lowest BCUT2D eigenvalue weighted by Crippen LogP contribution is -2.31. The molecule has 1 unspecified atom stereocenters. The lowest BCUT2D eigenvalue weighted by Gasteiger charge is -2.18. The molecule has 1 aliphatic rings. The Bertz CT molecular complexity index is 986. The van der Waals surface area contributed by atoms with Crippen LogP contribution in [-0.4, -0.2) is 26.3 Å². The van der Waals surface area contributed by atoms with Crippen molar-refractivity contribution in [1.29, 1.82) is 0 Å². The van der Waals surface area contributed by atoms with E-state index in [-0.39, 0.29) is 22.9 Å². The Labute approximate surface area is 163 Å². The van der Waals surface area contributed by atoms with E-state index >= 15 is 0 Å². The molecule has 0 saturated heterocycles. The molecular formula is C19H17F3N4OS. The maximum absolute atomic E-state index is 12.9. The Morgan fingerprint density at radius 2 is 1.93 bits per heavy atom. The molecule has 1 aliphatic carbocycles. The summed E-state index contributed by atoms with van der Waals surface area (Å²) in [7, 11) is 0. The van der Waals surface area contributed by atoms with Crippen molar-refractivity contribution in [2.24, 2.45) is 5.92 Å². The van der Waals surface area contributed by atoms with Crippen LogP contribution in [0.25, 0.3) is 5.65 Å². The van der Waals surface area contributed by atoms with Gasteiger partial charge in [0.2, 0.25) is 5.91 Å². The van der Waals surface area contributed by atoms with Crippen molar-refractivity contribution >= 4 is 23.3 Å². The molecule has 2 aromatic heterocycles. The fourth-order valence-corrected chi connectivity index (χ4v) is 3.77. The average Bonchev–Trinajstić information content (AvgIpc) is 3.44. The third-order valence-corrected chi connectivity index (χ3v) is 5.54. The van der Waals surface area contributed by atoms with Gasteiger partial charge in [0, 0.05) is 6.20 Å². The number of rotatable bonds is 6. The van der Waals surface area contributed by atoms with Gasteiger partial charge >= 0.3 is 6.18 Å². The summed E-state index contributed by atoms with van der Waals surface area (Å²) >= 11 is 1.06. The summed E-state index contributed by atoms with van der Waals surface area (Å²) < 4.78 is 40.0. The molecule has 0 aliphatic heterocycles. The Hall–Kier alpha value is -2.55. The van der Waals surface area contributed by atoms with Crippen LogP contribution >= 0.6 is 11.8 Å². The summed E-state index contributed by atoms with van der Waals surface area (Å²) in [6.07, 6.45) is -1.36. The number of benzene rings is 1. The van der Waals surface area contributed by atoms with E-state index in [1.54, 1.807) is 0 Å². The van der Waals surface area contributed by atoms with Gasteiger partial charge in [-0.1, -0.05) is 42.1 Å². The summed E-state index contributed by atoms with van der Waals surface area (Å²) in [6.45, 7) is 0. The predicted octanol–water partition coefficient (Wildman–Crippen LogP) is 4.11. The predicted molar refractivity (Wildman–Crippen MR) is 98.8 cm³/mol. The SMILES string of the molecule is O=C(CSc1nnc2ccc(C(F)(F)F)cn12)NC(c1ccccc1)C1CC1. The molecule has 0 radical (unpaired) electrons. The van der Waals surface area contributed by atoms with Crippen LogP contribution in [-0.2, 0) is 11.0 Å². The molecule has 1 fully saturated rings. The Morgan fingerprint density at radius 1 is 1.18 bits per heavy atom. The quantitative estimate of drug-likeness (QED) is 0.626. The molecule has 3 aromatic rings. The molecule has 146 valence electrons. The maximum Gasteiger partial charge on any atom is 0.417 e. The fourth-order valence-electron chi connectivity index (χ4n) is 3.04. The highest BCUT2D eigenvalue weighted by molar-refractivity contribution is 7.99. The van der Waals surface area contributed by atoms with Crippen molar-refractivity contribution in [2.45, 2.75) is 30.2 Å². The van der Waals surface area contributed by atoms with E-state index in [4.69, 9.17) is 0 Å². The zero-order chi connectivity index (χ0) is 19.7. The standard InChI is InChI=1S/C19H17F3N4OS/c20-19(21,22)14-8-9-15-24-25-18(26(15)10-14)28-11-16(27)23-17(13-6-7-13)12-4-2-1-3-5-12/h1-5,8-10,13,17H,6-7,11H2,(H,23,27). The molecule has 28 heavy (non-hydrogen) atoms. The van der Waals surface area contributed by atoms with Crippen LogP contribution in [0.5, 0.6) is 0 Å². The first kappa shape index (κ1) is 18.8. The van der Waals surface area contributed by atoms with Crippen LogP contribution in [0.2, 0.25) is 0 Å². The van der Waals surface area contributed by atoms with Crippen molar-refractivity contribution in [2.75, 3.05) is 5.75 Å². The molecule has 4 rings (SSSR count). The Kier molecular flexibility index (Phi) is 5.01. The van der Waals surface area contributed by atoms with E-state index in [1.165, 1.54) is 10.5 Å². The maximum atomic E-state index is 12.9. The van der Waals surface area contributed by atoms with Crippen molar-refractivity contribution in [1.82, 2.24) is 19.9 Å². The van der Waals surface area contributed by atoms with Crippen LogP contribution in [0.15, 0.2) is 53.8 Å². The first-order valence-corrected chi connectivity index (χ1v) is 9.79. The van der Waals surface area contributed by atoms with Gasteiger partial charge in [0.05, 0.1) is 17.4 Å². The zero-order valence-corrected chi connectivity index (χ0v) is 15.5. The molecule has 1 aromatic carbocycles. The number of hydrogen-bond donors (Lipinski definition) is 1. The second kappa shape index (κ2) is 7.46. The van der Waals surface area contributed by atoms with Gasteiger partial charge in [0.15, 0.2) is 10.8 Å². The number of carbonyl (C=O) groups is 1. The minimum absolute atomic E-state index is 0.0405. The normalized spacial score (nSPS) is 15.5. The first-order chi connectivity index (χ1) is 13.4. The number of hydrogen-bond acceptors (Lipinski definition) is 4. The summed E-state index contributed by atoms with van der Waals surface area (Å²) in [5.74, 6) is 0.293. The van der Waals surface area contributed by atoms with Gasteiger partial charge in [-0.3, -0.25) is 9.20 Å². The molecule has 1 saturated carbocycles. The van der Waals surface area contributed by atoms with Crippen LogP contribution in [0, 0.1) is 5.92 Å². The van der Waals surface area contributed by atoms with Gasteiger partial charge in [-0.05, 0) is 36.5 Å². The number of nitrogens with zero attached hydrogens (tertiary/aromatic N) is 3. The van der Waals surface area contributed by atoms with Gasteiger partial charge in [-0.2, -0.15) is 13.2 Å². The number of fused-ring (bicyclic) bond motifs is 1. The minimum Gasteiger partial charge on any atom is -0.348 e. The van der Waals surface area contributed by atoms with Crippen LogP contribution in [0.3, 0.4) is 0 Å². The number of amides is 1. The monoisotopic (exact) mass is 406 g/mol. The number of pyridine rings is 1. The molecular weight excluding hydrogens is 389 g/mol. The third kappa shape index (κ3) is 4.14. The van der Waals surface area contributed by atoms with E-state index in [0.29, 0.717) is 11.6 Å². The van der Waals surface area contributed by atoms with Crippen molar-refractivity contribution in [3.63, 3.8) is 0 Å². The summed E-state index contributed by atoms with van der Waals surface area (Å²) in [5, 5.41) is 11.1. The summed E-state index contributed by atoms with van der Waals surface area (Å²) in [5.41, 5.74) is 0.575. The molecule has 2 heterocycles. The number of aromatic nitrogens is 3. The van der Waals surface area contributed by atoms with Crippen LogP contribution in [0.4, 0.5) is 13.2 Å². The van der Waals surface area contributed by atoms with Crippen LogP contribution < -0.4 is 5.32 Å². The highest BCUT2D eigenvalue weighted by Gasteiger charge is 2.33.